The highest BCUT2D eigenvalue weighted by Gasteiger charge is 2.05. The van der Waals surface area contributed by atoms with Crippen LogP contribution in [0.1, 0.15) is 13.8 Å². The molecular weight excluding hydrogens is 231 g/mol. The van der Waals surface area contributed by atoms with Gasteiger partial charge in [0.15, 0.2) is 0 Å². The van der Waals surface area contributed by atoms with Crippen molar-refractivity contribution in [2.24, 2.45) is 0 Å². The molecule has 0 radical (unpaired) electrons. The summed E-state index contributed by atoms with van der Waals surface area (Å²) < 4.78 is 18.3. The van der Waals surface area contributed by atoms with Crippen LogP contribution in [0.25, 0.3) is 0 Å². The number of hydrogen-bond acceptors (Lipinski definition) is 3. The summed E-state index contributed by atoms with van der Waals surface area (Å²) in [4.78, 5) is 0. The van der Waals surface area contributed by atoms with Crippen molar-refractivity contribution in [3.05, 3.63) is 23.0 Å². The van der Waals surface area contributed by atoms with E-state index in [4.69, 9.17) is 22.1 Å². The van der Waals surface area contributed by atoms with Crippen molar-refractivity contribution < 1.29 is 9.13 Å². The topological polar surface area (TPSA) is 47.3 Å². The van der Waals surface area contributed by atoms with Gasteiger partial charge in [-0.15, -0.1) is 0 Å². The molecule has 16 heavy (non-hydrogen) atoms. The van der Waals surface area contributed by atoms with Gasteiger partial charge >= 0.3 is 0 Å². The Bertz CT molecular complexity index is 358. The van der Waals surface area contributed by atoms with E-state index in [9.17, 15) is 4.39 Å². The van der Waals surface area contributed by atoms with E-state index in [0.29, 0.717) is 24.5 Å². The van der Waals surface area contributed by atoms with Gasteiger partial charge in [-0.25, -0.2) is 4.39 Å². The average molecular weight is 247 g/mol. The normalized spacial score (nSPS) is 10.8. The Balaban J connectivity index is 2.51. The highest BCUT2D eigenvalue weighted by atomic mass is 35.5. The lowest BCUT2D eigenvalue weighted by Crippen LogP contribution is -2.14. The molecule has 0 amide bonds. The van der Waals surface area contributed by atoms with E-state index in [1.807, 2.05) is 13.8 Å². The molecule has 0 aliphatic rings. The minimum Gasteiger partial charge on any atom is -0.397 e. The molecule has 0 saturated heterocycles. The largest absolute Gasteiger partial charge is 0.397 e. The van der Waals surface area contributed by atoms with Gasteiger partial charge < -0.3 is 15.8 Å². The summed E-state index contributed by atoms with van der Waals surface area (Å²) in [5.41, 5.74) is 6.59. The summed E-state index contributed by atoms with van der Waals surface area (Å²) in [6.07, 6.45) is 0.191. The van der Waals surface area contributed by atoms with Crippen LogP contribution in [0.15, 0.2) is 12.1 Å². The second kappa shape index (κ2) is 5.92. The lowest BCUT2D eigenvalue weighted by molar-refractivity contribution is 0.0871. The minimum atomic E-state index is -0.511. The lowest BCUT2D eigenvalue weighted by atomic mass is 10.2. The van der Waals surface area contributed by atoms with Crippen LogP contribution in [0.4, 0.5) is 15.8 Å². The summed E-state index contributed by atoms with van der Waals surface area (Å²) in [5, 5.41) is 3.09. The fourth-order valence-corrected chi connectivity index (χ4v) is 1.36. The SMILES string of the molecule is CC(C)OCCNc1cc(Cl)c(F)cc1N. The molecule has 1 aromatic rings. The van der Waals surface area contributed by atoms with Crippen LogP contribution in [0.3, 0.4) is 0 Å². The summed E-state index contributed by atoms with van der Waals surface area (Å²) in [6, 6.07) is 2.68. The summed E-state index contributed by atoms with van der Waals surface area (Å²) in [5.74, 6) is -0.511. The molecule has 3 nitrogen and oxygen atoms in total. The number of nitrogens with two attached hydrogens (primary N) is 1. The van der Waals surface area contributed by atoms with E-state index in [0.717, 1.165) is 0 Å². The number of anilines is 2. The second-order valence-corrected chi connectivity index (χ2v) is 4.11. The van der Waals surface area contributed by atoms with Gasteiger partial charge in [0.05, 0.1) is 29.1 Å². The Kier molecular flexibility index (Phi) is 4.83. The molecule has 0 spiro atoms. The van der Waals surface area contributed by atoms with E-state index in [1.165, 1.54) is 12.1 Å². The van der Waals surface area contributed by atoms with Gasteiger partial charge in [0.25, 0.3) is 0 Å². The number of nitrogen functional groups attached to an aromatic ring is 1. The van der Waals surface area contributed by atoms with E-state index in [-0.39, 0.29) is 11.1 Å². The van der Waals surface area contributed by atoms with Crippen LogP contribution in [0.5, 0.6) is 0 Å². The van der Waals surface area contributed by atoms with E-state index in [2.05, 4.69) is 5.32 Å². The molecule has 0 saturated carbocycles. The highest BCUT2D eigenvalue weighted by Crippen LogP contribution is 2.25. The van der Waals surface area contributed by atoms with Crippen molar-refractivity contribution in [2.75, 3.05) is 24.2 Å². The second-order valence-electron chi connectivity index (χ2n) is 3.70. The van der Waals surface area contributed by atoms with Crippen LogP contribution in [0, 0.1) is 5.82 Å². The Morgan fingerprint density at radius 3 is 2.81 bits per heavy atom. The zero-order valence-corrected chi connectivity index (χ0v) is 10.1. The molecule has 1 rings (SSSR count). The van der Waals surface area contributed by atoms with E-state index >= 15 is 0 Å². The quantitative estimate of drug-likeness (QED) is 0.620. The molecule has 90 valence electrons. The molecule has 1 aromatic carbocycles. The van der Waals surface area contributed by atoms with Gasteiger partial charge in [-0.1, -0.05) is 11.6 Å². The van der Waals surface area contributed by atoms with E-state index < -0.39 is 5.82 Å². The predicted molar refractivity (Wildman–Crippen MR) is 65.4 cm³/mol. The third-order valence-electron chi connectivity index (χ3n) is 1.96. The molecule has 0 bridgehead atoms. The summed E-state index contributed by atoms with van der Waals surface area (Å²) >= 11 is 5.65. The maximum Gasteiger partial charge on any atom is 0.143 e. The van der Waals surface area contributed by atoms with Gasteiger partial charge in [-0.3, -0.25) is 0 Å². The third kappa shape index (κ3) is 3.87. The monoisotopic (exact) mass is 246 g/mol. The molecule has 0 aromatic heterocycles. The first-order chi connectivity index (χ1) is 7.50. The van der Waals surface area contributed by atoms with Gasteiger partial charge in [0, 0.05) is 12.6 Å². The number of halogens is 2. The van der Waals surface area contributed by atoms with E-state index in [1.54, 1.807) is 0 Å². The van der Waals surface area contributed by atoms with Crippen molar-refractivity contribution in [3.8, 4) is 0 Å². The van der Waals surface area contributed by atoms with Gasteiger partial charge in [0.1, 0.15) is 5.82 Å². The molecule has 0 atom stereocenters. The van der Waals surface area contributed by atoms with Crippen molar-refractivity contribution in [3.63, 3.8) is 0 Å². The first-order valence-corrected chi connectivity index (χ1v) is 5.48. The Hall–Kier alpha value is -1.00. The number of rotatable bonds is 5. The smallest absolute Gasteiger partial charge is 0.143 e. The zero-order chi connectivity index (χ0) is 12.1. The van der Waals surface area contributed by atoms with Crippen LogP contribution in [0.2, 0.25) is 5.02 Å². The summed E-state index contributed by atoms with van der Waals surface area (Å²) in [7, 11) is 0. The van der Waals surface area contributed by atoms with Crippen LogP contribution in [-0.2, 0) is 4.74 Å². The lowest BCUT2D eigenvalue weighted by Gasteiger charge is -2.11. The fraction of sp³-hybridized carbons (Fsp3) is 0.455. The first kappa shape index (κ1) is 13.1. The first-order valence-electron chi connectivity index (χ1n) is 5.10. The molecule has 0 heterocycles. The van der Waals surface area contributed by atoms with Crippen LogP contribution >= 0.6 is 11.6 Å². The zero-order valence-electron chi connectivity index (χ0n) is 9.39. The standard InChI is InChI=1S/C11H16ClFN2O/c1-7(2)16-4-3-15-11-5-8(12)9(13)6-10(11)14/h5-7,15H,3-4,14H2,1-2H3. The van der Waals surface area contributed by atoms with Gasteiger partial charge in [-0.2, -0.15) is 0 Å². The molecule has 3 N–H and O–H groups in total. The average Bonchev–Trinajstić information content (AvgIpc) is 2.19. The van der Waals surface area contributed by atoms with Crippen LogP contribution < -0.4 is 11.1 Å². The van der Waals surface area contributed by atoms with Crippen LogP contribution in [-0.4, -0.2) is 19.3 Å². The predicted octanol–water partition coefficient (Wildman–Crippen LogP) is 2.90. The number of benzene rings is 1. The number of ether oxygens (including phenoxy) is 1. The van der Waals surface area contributed by atoms with Crippen molar-refractivity contribution >= 4 is 23.0 Å². The number of hydrogen-bond donors (Lipinski definition) is 2. The van der Waals surface area contributed by atoms with Crippen molar-refractivity contribution in [1.82, 2.24) is 0 Å². The number of nitrogens with one attached hydrogen (secondary N) is 1. The van der Waals surface area contributed by atoms with Crippen molar-refractivity contribution in [2.45, 2.75) is 20.0 Å². The Morgan fingerprint density at radius 2 is 2.19 bits per heavy atom. The third-order valence-corrected chi connectivity index (χ3v) is 2.25. The molecule has 0 fully saturated rings. The maximum absolute atomic E-state index is 13.0. The maximum atomic E-state index is 13.0. The Labute approximate surface area is 99.7 Å². The summed E-state index contributed by atoms with van der Waals surface area (Å²) in [6.45, 7) is 5.09. The molecule has 0 aliphatic heterocycles. The Morgan fingerprint density at radius 1 is 1.50 bits per heavy atom. The molecule has 0 unspecified atom stereocenters. The molecular formula is C11H16ClFN2O. The van der Waals surface area contributed by atoms with Gasteiger partial charge in [-0.05, 0) is 19.9 Å². The van der Waals surface area contributed by atoms with Gasteiger partial charge in [0.2, 0.25) is 0 Å². The van der Waals surface area contributed by atoms with Crippen molar-refractivity contribution in [1.29, 1.82) is 0 Å². The highest BCUT2D eigenvalue weighted by molar-refractivity contribution is 6.31. The fourth-order valence-electron chi connectivity index (χ4n) is 1.20. The molecule has 5 heteroatoms. The molecule has 0 aliphatic carbocycles. The minimum absolute atomic E-state index is 0.0569.